The molecule has 2 rings (SSSR count). The van der Waals surface area contributed by atoms with E-state index >= 15 is 0 Å². The molecule has 0 fully saturated rings. The summed E-state index contributed by atoms with van der Waals surface area (Å²) in [4.78, 5) is 11.6. The van der Waals surface area contributed by atoms with Crippen LogP contribution in [0.3, 0.4) is 0 Å². The van der Waals surface area contributed by atoms with Crippen LogP contribution in [0, 0.1) is 13.8 Å². The zero-order valence-corrected chi connectivity index (χ0v) is 9.70. The Labute approximate surface area is 94.9 Å². The summed E-state index contributed by atoms with van der Waals surface area (Å²) in [5.41, 5.74) is 2.65. The van der Waals surface area contributed by atoms with Gasteiger partial charge in [0.15, 0.2) is 5.78 Å². The lowest BCUT2D eigenvalue weighted by molar-refractivity contribution is 0.101. The number of furan rings is 1. The van der Waals surface area contributed by atoms with E-state index in [0.29, 0.717) is 11.3 Å². The number of aryl methyl sites for hydroxylation is 2. The highest BCUT2D eigenvalue weighted by atomic mass is 16.3. The highest BCUT2D eigenvalue weighted by Crippen LogP contribution is 2.32. The number of Topliss-reactive ketones (excluding diaryl/α,β-unsaturated/α-hetero) is 1. The third kappa shape index (κ3) is 1.67. The van der Waals surface area contributed by atoms with E-state index in [9.17, 15) is 4.79 Å². The number of carbonyl (C=O) groups is 1. The van der Waals surface area contributed by atoms with Crippen LogP contribution in [-0.2, 0) is 0 Å². The molecule has 0 aliphatic rings. The maximum Gasteiger partial charge on any atom is 0.163 e. The fourth-order valence-electron chi connectivity index (χ4n) is 2.06. The number of hydrogen-bond donors (Lipinski definition) is 0. The molecule has 1 aromatic heterocycles. The first-order chi connectivity index (χ1) is 7.61. The van der Waals surface area contributed by atoms with Gasteiger partial charge in [0, 0.05) is 5.56 Å². The third-order valence-corrected chi connectivity index (χ3v) is 2.67. The molecule has 0 unspecified atom stereocenters. The number of rotatable bonds is 2. The van der Waals surface area contributed by atoms with Crippen molar-refractivity contribution in [2.24, 2.45) is 0 Å². The van der Waals surface area contributed by atoms with Gasteiger partial charge < -0.3 is 4.42 Å². The van der Waals surface area contributed by atoms with Gasteiger partial charge >= 0.3 is 0 Å². The molecule has 0 spiro atoms. The predicted molar refractivity (Wildman–Crippen MR) is 63.6 cm³/mol. The van der Waals surface area contributed by atoms with E-state index in [1.165, 1.54) is 0 Å². The van der Waals surface area contributed by atoms with Gasteiger partial charge in [-0.2, -0.15) is 0 Å². The fourth-order valence-corrected chi connectivity index (χ4v) is 2.06. The normalized spacial score (nSPS) is 10.4. The number of benzene rings is 1. The smallest absolute Gasteiger partial charge is 0.163 e. The first kappa shape index (κ1) is 10.7. The Hall–Kier alpha value is -1.83. The molecule has 1 aromatic carbocycles. The molecule has 0 N–H and O–H groups in total. The molecule has 0 saturated carbocycles. The van der Waals surface area contributed by atoms with Crippen molar-refractivity contribution < 1.29 is 9.21 Å². The summed E-state index contributed by atoms with van der Waals surface area (Å²) < 4.78 is 5.54. The van der Waals surface area contributed by atoms with E-state index in [1.807, 2.05) is 44.2 Å². The highest BCUT2D eigenvalue weighted by Gasteiger charge is 2.19. The van der Waals surface area contributed by atoms with Crippen molar-refractivity contribution in [2.45, 2.75) is 20.8 Å². The molecule has 0 radical (unpaired) electrons. The molecular formula is C14H14O2. The summed E-state index contributed by atoms with van der Waals surface area (Å²) in [6.07, 6.45) is 0. The van der Waals surface area contributed by atoms with Crippen molar-refractivity contribution in [3.05, 3.63) is 47.4 Å². The van der Waals surface area contributed by atoms with Crippen LogP contribution in [-0.4, -0.2) is 5.78 Å². The van der Waals surface area contributed by atoms with E-state index in [4.69, 9.17) is 4.42 Å². The average Bonchev–Trinajstić information content (AvgIpc) is 2.55. The lowest BCUT2D eigenvalue weighted by atomic mass is 9.98. The molecule has 0 amide bonds. The minimum atomic E-state index is 0.0493. The van der Waals surface area contributed by atoms with Crippen molar-refractivity contribution in [3.8, 4) is 11.1 Å². The Morgan fingerprint density at radius 2 is 1.69 bits per heavy atom. The van der Waals surface area contributed by atoms with Gasteiger partial charge in [-0.15, -0.1) is 0 Å². The van der Waals surface area contributed by atoms with Crippen LogP contribution in [0.2, 0.25) is 0 Å². The second kappa shape index (κ2) is 3.97. The maximum atomic E-state index is 11.6. The van der Waals surface area contributed by atoms with Gasteiger partial charge in [-0.25, -0.2) is 0 Å². The first-order valence-electron chi connectivity index (χ1n) is 5.27. The summed E-state index contributed by atoms with van der Waals surface area (Å²) in [7, 11) is 0. The number of hydrogen-bond acceptors (Lipinski definition) is 2. The Morgan fingerprint density at radius 1 is 1.06 bits per heavy atom. The molecule has 0 aliphatic heterocycles. The molecule has 2 aromatic rings. The van der Waals surface area contributed by atoms with Gasteiger partial charge in [0.1, 0.15) is 11.5 Å². The molecule has 0 saturated heterocycles. The highest BCUT2D eigenvalue weighted by molar-refractivity contribution is 6.02. The molecule has 16 heavy (non-hydrogen) atoms. The van der Waals surface area contributed by atoms with Crippen molar-refractivity contribution in [2.75, 3.05) is 0 Å². The summed E-state index contributed by atoms with van der Waals surface area (Å²) in [5, 5.41) is 0. The van der Waals surface area contributed by atoms with Crippen LogP contribution in [0.25, 0.3) is 11.1 Å². The molecule has 0 atom stereocenters. The molecule has 0 bridgehead atoms. The minimum absolute atomic E-state index is 0.0493. The second-order valence-electron chi connectivity index (χ2n) is 3.89. The lowest BCUT2D eigenvalue weighted by Gasteiger charge is -2.01. The Bertz CT molecular complexity index is 521. The van der Waals surface area contributed by atoms with Crippen LogP contribution >= 0.6 is 0 Å². The Kier molecular flexibility index (Phi) is 2.65. The SMILES string of the molecule is CC(=O)c1c(C)oc(C)c1-c1ccccc1. The van der Waals surface area contributed by atoms with Crippen LogP contribution in [0.1, 0.15) is 28.8 Å². The zero-order valence-electron chi connectivity index (χ0n) is 9.70. The van der Waals surface area contributed by atoms with Gasteiger partial charge in [-0.05, 0) is 26.3 Å². The summed E-state index contributed by atoms with van der Waals surface area (Å²) >= 11 is 0. The molecule has 1 heterocycles. The summed E-state index contributed by atoms with van der Waals surface area (Å²) in [6, 6.07) is 9.86. The fraction of sp³-hybridized carbons (Fsp3) is 0.214. The van der Waals surface area contributed by atoms with Gasteiger partial charge in [-0.3, -0.25) is 4.79 Å². The van der Waals surface area contributed by atoms with E-state index in [2.05, 4.69) is 0 Å². The number of ketones is 1. The largest absolute Gasteiger partial charge is 0.465 e. The lowest BCUT2D eigenvalue weighted by Crippen LogP contribution is -1.95. The first-order valence-corrected chi connectivity index (χ1v) is 5.27. The average molecular weight is 214 g/mol. The topological polar surface area (TPSA) is 30.2 Å². The molecule has 2 nitrogen and oxygen atoms in total. The monoisotopic (exact) mass is 214 g/mol. The van der Waals surface area contributed by atoms with E-state index < -0.39 is 0 Å². The van der Waals surface area contributed by atoms with Crippen LogP contribution in [0.15, 0.2) is 34.7 Å². The van der Waals surface area contributed by atoms with Crippen molar-refractivity contribution in [3.63, 3.8) is 0 Å². The van der Waals surface area contributed by atoms with E-state index in [0.717, 1.165) is 16.9 Å². The molecule has 2 heteroatoms. The van der Waals surface area contributed by atoms with Gasteiger partial charge in [0.05, 0.1) is 5.56 Å². The van der Waals surface area contributed by atoms with E-state index in [1.54, 1.807) is 6.92 Å². The predicted octanol–water partition coefficient (Wildman–Crippen LogP) is 3.77. The quantitative estimate of drug-likeness (QED) is 0.712. The standard InChI is InChI=1S/C14H14O2/c1-9(15)13-10(2)16-11(3)14(13)12-7-5-4-6-8-12/h4-8H,1-3H3. The molecular weight excluding hydrogens is 200 g/mol. The van der Waals surface area contributed by atoms with Crippen LogP contribution in [0.5, 0.6) is 0 Å². The molecule has 0 aliphatic carbocycles. The van der Waals surface area contributed by atoms with Crippen molar-refractivity contribution in [1.29, 1.82) is 0 Å². The van der Waals surface area contributed by atoms with E-state index in [-0.39, 0.29) is 5.78 Å². The summed E-state index contributed by atoms with van der Waals surface area (Å²) in [6.45, 7) is 5.29. The minimum Gasteiger partial charge on any atom is -0.465 e. The second-order valence-corrected chi connectivity index (χ2v) is 3.89. The van der Waals surface area contributed by atoms with Crippen LogP contribution in [0.4, 0.5) is 0 Å². The van der Waals surface area contributed by atoms with Crippen molar-refractivity contribution in [1.82, 2.24) is 0 Å². The maximum absolute atomic E-state index is 11.6. The Balaban J connectivity index is 2.69. The molecule has 82 valence electrons. The van der Waals surface area contributed by atoms with Crippen molar-refractivity contribution >= 4 is 5.78 Å². The number of carbonyl (C=O) groups excluding carboxylic acids is 1. The van der Waals surface area contributed by atoms with Crippen LogP contribution < -0.4 is 0 Å². The van der Waals surface area contributed by atoms with Gasteiger partial charge in [0.25, 0.3) is 0 Å². The summed E-state index contributed by atoms with van der Waals surface area (Å²) in [5.74, 6) is 1.55. The van der Waals surface area contributed by atoms with Gasteiger partial charge in [0.2, 0.25) is 0 Å². The van der Waals surface area contributed by atoms with Gasteiger partial charge in [-0.1, -0.05) is 30.3 Å². The zero-order chi connectivity index (χ0) is 11.7. The Morgan fingerprint density at radius 3 is 2.25 bits per heavy atom. The third-order valence-electron chi connectivity index (χ3n) is 2.67.